The second kappa shape index (κ2) is 8.41. The van der Waals surface area contributed by atoms with Gasteiger partial charge in [-0.1, -0.05) is 72.0 Å². The maximum Gasteiger partial charge on any atom is 0.416 e. The quantitative estimate of drug-likeness (QED) is 0.462. The normalized spacial score (nSPS) is 20.8. The molecule has 160 valence electrons. The molecule has 0 spiro atoms. The van der Waals surface area contributed by atoms with Gasteiger partial charge >= 0.3 is 6.18 Å². The smallest absolute Gasteiger partial charge is 0.382 e. The Labute approximate surface area is 170 Å². The zero-order valence-corrected chi connectivity index (χ0v) is 19.7. The molecule has 2 atom stereocenters. The molecule has 0 radical (unpaired) electrons. The summed E-state index contributed by atoms with van der Waals surface area (Å²) in [5, 5.41) is 3.53. The minimum Gasteiger partial charge on any atom is -0.382 e. The number of benzene rings is 1. The fourth-order valence-corrected chi connectivity index (χ4v) is 12.3. The van der Waals surface area contributed by atoms with Gasteiger partial charge in [-0.15, -0.1) is 0 Å². The Bertz CT molecular complexity index is 643. The molecular weight excluding hydrogens is 375 g/mol. The Kier molecular flexibility index (Phi) is 7.00. The van der Waals surface area contributed by atoms with Crippen molar-refractivity contribution in [1.82, 2.24) is 0 Å². The van der Waals surface area contributed by atoms with E-state index in [2.05, 4.69) is 60.7 Å². The van der Waals surface area contributed by atoms with E-state index in [0.717, 1.165) is 23.7 Å². The van der Waals surface area contributed by atoms with E-state index in [9.17, 15) is 13.2 Å². The molecule has 0 fully saturated rings. The van der Waals surface area contributed by atoms with Gasteiger partial charge in [-0.3, -0.25) is 0 Å². The van der Waals surface area contributed by atoms with Crippen molar-refractivity contribution in [1.29, 1.82) is 0 Å². The van der Waals surface area contributed by atoms with Gasteiger partial charge in [-0.2, -0.15) is 13.2 Å². The zero-order chi connectivity index (χ0) is 21.4. The fourth-order valence-electron chi connectivity index (χ4n) is 5.67. The van der Waals surface area contributed by atoms with Gasteiger partial charge < -0.3 is 5.32 Å². The van der Waals surface area contributed by atoms with Crippen LogP contribution in [0, 0.1) is 5.92 Å². The molecule has 0 aliphatic carbocycles. The minimum atomic E-state index is -4.29. The van der Waals surface area contributed by atoms with Crippen LogP contribution in [0.2, 0.25) is 22.7 Å². The van der Waals surface area contributed by atoms with Crippen molar-refractivity contribution in [2.45, 2.75) is 103 Å². The Morgan fingerprint density at radius 2 is 1.50 bits per heavy atom. The molecule has 0 aromatic heterocycles. The van der Waals surface area contributed by atoms with Gasteiger partial charge in [0.2, 0.25) is 0 Å². The SMILES string of the molecule is CC(C)C1CC(C[Si](C(C)C)(C(C)C)C(C)C)c2cc(C(F)(F)F)ccc2N1. The van der Waals surface area contributed by atoms with Crippen LogP contribution in [-0.2, 0) is 6.18 Å². The summed E-state index contributed by atoms with van der Waals surface area (Å²) in [5.74, 6) is 0.649. The average molecular weight is 414 g/mol. The topological polar surface area (TPSA) is 12.0 Å². The summed E-state index contributed by atoms with van der Waals surface area (Å²) in [7, 11) is -1.72. The van der Waals surface area contributed by atoms with E-state index in [4.69, 9.17) is 0 Å². The second-order valence-electron chi connectivity index (χ2n) is 10.0. The van der Waals surface area contributed by atoms with Crippen LogP contribution in [0.1, 0.15) is 78.9 Å². The molecule has 1 aromatic carbocycles. The maximum atomic E-state index is 13.4. The van der Waals surface area contributed by atoms with E-state index < -0.39 is 19.8 Å². The van der Waals surface area contributed by atoms with Gasteiger partial charge in [0.05, 0.1) is 13.6 Å². The summed E-state index contributed by atoms with van der Waals surface area (Å²) in [5.41, 5.74) is 3.08. The summed E-state index contributed by atoms with van der Waals surface area (Å²) >= 11 is 0. The summed E-state index contributed by atoms with van der Waals surface area (Å²) in [6.45, 7) is 18.4. The number of hydrogen-bond acceptors (Lipinski definition) is 1. The van der Waals surface area contributed by atoms with Gasteiger partial charge in [0.15, 0.2) is 0 Å². The molecule has 5 heteroatoms. The van der Waals surface area contributed by atoms with Crippen LogP contribution in [0.5, 0.6) is 0 Å². The number of halogens is 3. The van der Waals surface area contributed by atoms with Crippen LogP contribution >= 0.6 is 0 Å². The van der Waals surface area contributed by atoms with Crippen LogP contribution in [0.3, 0.4) is 0 Å². The molecule has 0 bridgehead atoms. The van der Waals surface area contributed by atoms with Crippen molar-refractivity contribution in [2.24, 2.45) is 5.92 Å². The molecule has 1 nitrogen and oxygen atoms in total. The Morgan fingerprint density at radius 3 is 1.93 bits per heavy atom. The van der Waals surface area contributed by atoms with Crippen molar-refractivity contribution in [3.63, 3.8) is 0 Å². The molecule has 0 amide bonds. The van der Waals surface area contributed by atoms with Gasteiger partial charge in [-0.25, -0.2) is 0 Å². The first-order valence-electron chi connectivity index (χ1n) is 10.8. The van der Waals surface area contributed by atoms with E-state index in [0.29, 0.717) is 28.6 Å². The lowest BCUT2D eigenvalue weighted by molar-refractivity contribution is -0.137. The molecule has 28 heavy (non-hydrogen) atoms. The molecule has 1 aromatic rings. The highest BCUT2D eigenvalue weighted by Gasteiger charge is 2.46. The molecule has 1 aliphatic rings. The van der Waals surface area contributed by atoms with Crippen molar-refractivity contribution in [2.75, 3.05) is 5.32 Å². The number of nitrogens with one attached hydrogen (secondary N) is 1. The fraction of sp³-hybridized carbons (Fsp3) is 0.739. The number of rotatable bonds is 6. The first kappa shape index (κ1) is 23.3. The molecule has 0 saturated heterocycles. The standard InChI is InChI=1S/C23H38F3NSi/c1-14(2)22-11-18(13-28(15(3)4,16(5)6)17(7)8)20-12-19(23(24,25)26)9-10-21(20)27-22/h9-10,12,14-18,22,27H,11,13H2,1-8H3. The molecule has 0 saturated carbocycles. The van der Waals surface area contributed by atoms with Crippen LogP contribution in [-0.4, -0.2) is 14.1 Å². The summed E-state index contributed by atoms with van der Waals surface area (Å²) < 4.78 is 40.2. The van der Waals surface area contributed by atoms with Crippen molar-refractivity contribution < 1.29 is 13.2 Å². The zero-order valence-electron chi connectivity index (χ0n) is 18.7. The van der Waals surface area contributed by atoms with Crippen LogP contribution < -0.4 is 5.32 Å². The van der Waals surface area contributed by atoms with E-state index >= 15 is 0 Å². The lowest BCUT2D eigenvalue weighted by Crippen LogP contribution is -2.47. The Balaban J connectivity index is 2.55. The largest absolute Gasteiger partial charge is 0.416 e. The van der Waals surface area contributed by atoms with Crippen LogP contribution in [0.25, 0.3) is 0 Å². The Morgan fingerprint density at radius 1 is 0.964 bits per heavy atom. The third kappa shape index (κ3) is 4.44. The number of alkyl halides is 3. The van der Waals surface area contributed by atoms with Crippen molar-refractivity contribution in [3.05, 3.63) is 29.3 Å². The lowest BCUT2D eigenvalue weighted by Gasteiger charge is -2.47. The van der Waals surface area contributed by atoms with Crippen LogP contribution in [0.15, 0.2) is 18.2 Å². The van der Waals surface area contributed by atoms with E-state index in [-0.39, 0.29) is 5.92 Å². The molecule has 1 N–H and O–H groups in total. The van der Waals surface area contributed by atoms with E-state index in [1.807, 2.05) is 0 Å². The Hall–Kier alpha value is -0.973. The van der Waals surface area contributed by atoms with Gasteiger partial charge in [0.1, 0.15) is 0 Å². The van der Waals surface area contributed by atoms with Crippen LogP contribution in [0.4, 0.5) is 18.9 Å². The number of anilines is 1. The third-order valence-electron chi connectivity index (χ3n) is 7.33. The second-order valence-corrected chi connectivity index (χ2v) is 16.1. The summed E-state index contributed by atoms with van der Waals surface area (Å²) in [6.07, 6.45) is -3.37. The third-order valence-corrected chi connectivity index (χ3v) is 15.0. The first-order valence-corrected chi connectivity index (χ1v) is 13.2. The summed E-state index contributed by atoms with van der Waals surface area (Å²) in [6, 6.07) is 5.68. The predicted molar refractivity (Wildman–Crippen MR) is 117 cm³/mol. The monoisotopic (exact) mass is 413 g/mol. The molecule has 1 aliphatic heterocycles. The highest BCUT2D eigenvalue weighted by Crippen LogP contribution is 2.51. The van der Waals surface area contributed by atoms with Gasteiger partial charge in [-0.05, 0) is 48.1 Å². The van der Waals surface area contributed by atoms with Gasteiger partial charge in [0, 0.05) is 11.7 Å². The first-order chi connectivity index (χ1) is 12.8. The minimum absolute atomic E-state index is 0.199. The average Bonchev–Trinajstić information content (AvgIpc) is 2.56. The lowest BCUT2D eigenvalue weighted by atomic mass is 9.83. The van der Waals surface area contributed by atoms with Crippen molar-refractivity contribution in [3.8, 4) is 0 Å². The molecule has 1 heterocycles. The molecule has 2 rings (SSSR count). The maximum absolute atomic E-state index is 13.4. The predicted octanol–water partition coefficient (Wildman–Crippen LogP) is 8.31. The number of fused-ring (bicyclic) bond motifs is 1. The van der Waals surface area contributed by atoms with Crippen molar-refractivity contribution >= 4 is 13.8 Å². The highest BCUT2D eigenvalue weighted by atomic mass is 28.3. The van der Waals surface area contributed by atoms with E-state index in [1.165, 1.54) is 12.1 Å². The summed E-state index contributed by atoms with van der Waals surface area (Å²) in [4.78, 5) is 0. The van der Waals surface area contributed by atoms with Gasteiger partial charge in [0.25, 0.3) is 0 Å². The molecular formula is C23H38F3NSi. The number of hydrogen-bond donors (Lipinski definition) is 1. The van der Waals surface area contributed by atoms with E-state index in [1.54, 1.807) is 6.07 Å². The molecule has 2 unspecified atom stereocenters. The highest BCUT2D eigenvalue weighted by molar-refractivity contribution is 6.83.